The molecule has 0 amide bonds. The fourth-order valence-electron chi connectivity index (χ4n) is 3.01. The number of nitrogens with one attached hydrogen (secondary N) is 1. The first-order chi connectivity index (χ1) is 9.17. The predicted molar refractivity (Wildman–Crippen MR) is 71.4 cm³/mol. The number of aromatic nitrogens is 2. The van der Waals surface area contributed by atoms with Gasteiger partial charge in [0.2, 0.25) is 0 Å². The second-order valence-electron chi connectivity index (χ2n) is 6.56. The van der Waals surface area contributed by atoms with Crippen LogP contribution in [-0.2, 0) is 0 Å². The van der Waals surface area contributed by atoms with Gasteiger partial charge >= 0.3 is 0 Å². The lowest BCUT2D eigenvalue weighted by Crippen LogP contribution is -2.45. The first kappa shape index (κ1) is 11.9. The van der Waals surface area contributed by atoms with Crippen molar-refractivity contribution < 1.29 is 9.47 Å². The molecule has 3 aliphatic rings. The van der Waals surface area contributed by atoms with E-state index in [0.29, 0.717) is 17.2 Å². The van der Waals surface area contributed by atoms with Crippen LogP contribution in [0.25, 0.3) is 0 Å². The SMILES string of the molecule is CC1(COc2nsnc2OC23CCC(CN2)C3)CC1. The Hall–Kier alpha value is -0.880. The lowest BCUT2D eigenvalue weighted by molar-refractivity contribution is 0.0470. The average Bonchev–Trinajstić information content (AvgIpc) is 2.84. The molecule has 0 spiro atoms. The molecule has 6 heteroatoms. The third-order valence-electron chi connectivity index (χ3n) is 4.67. The molecule has 5 nitrogen and oxygen atoms in total. The van der Waals surface area contributed by atoms with Crippen molar-refractivity contribution in [3.05, 3.63) is 0 Å². The Balaban J connectivity index is 1.45. The van der Waals surface area contributed by atoms with Crippen LogP contribution in [0.3, 0.4) is 0 Å². The molecule has 2 unspecified atom stereocenters. The van der Waals surface area contributed by atoms with Crippen molar-refractivity contribution in [2.75, 3.05) is 13.2 Å². The smallest absolute Gasteiger partial charge is 0.292 e. The molecule has 1 aromatic rings. The lowest BCUT2D eigenvalue weighted by atomic mass is 10.1. The van der Waals surface area contributed by atoms with Gasteiger partial charge in [0.25, 0.3) is 11.8 Å². The molecule has 2 bridgehead atoms. The van der Waals surface area contributed by atoms with Gasteiger partial charge in [-0.2, -0.15) is 0 Å². The standard InChI is InChI=1S/C13H19N3O2S/c1-12(4-5-12)8-17-10-11(16-19-15-10)18-13-3-2-9(6-13)7-14-13/h9,14H,2-8H2,1H3. The number of hydrogen-bond donors (Lipinski definition) is 1. The molecular formula is C13H19N3O2S. The fraction of sp³-hybridized carbons (Fsp3) is 0.846. The summed E-state index contributed by atoms with van der Waals surface area (Å²) in [5, 5.41) is 3.48. The van der Waals surface area contributed by atoms with E-state index in [4.69, 9.17) is 9.47 Å². The number of piperidine rings is 1. The van der Waals surface area contributed by atoms with Crippen LogP contribution in [0.4, 0.5) is 0 Å². The summed E-state index contributed by atoms with van der Waals surface area (Å²) < 4.78 is 20.4. The van der Waals surface area contributed by atoms with Gasteiger partial charge < -0.3 is 9.47 Å². The van der Waals surface area contributed by atoms with E-state index < -0.39 is 0 Å². The van der Waals surface area contributed by atoms with Gasteiger partial charge in [0.05, 0.1) is 18.3 Å². The lowest BCUT2D eigenvalue weighted by Gasteiger charge is -2.27. The van der Waals surface area contributed by atoms with Gasteiger partial charge in [0.1, 0.15) is 0 Å². The minimum Gasteiger partial charge on any atom is -0.473 e. The van der Waals surface area contributed by atoms with E-state index in [1.807, 2.05) is 0 Å². The first-order valence-corrected chi connectivity index (χ1v) is 7.79. The van der Waals surface area contributed by atoms with Gasteiger partial charge in [-0.05, 0) is 25.2 Å². The van der Waals surface area contributed by atoms with E-state index in [1.165, 1.54) is 31.0 Å². The van der Waals surface area contributed by atoms with Gasteiger partial charge in [-0.1, -0.05) is 6.92 Å². The predicted octanol–water partition coefficient (Wildman–Crippen LogP) is 2.20. The molecule has 104 valence electrons. The summed E-state index contributed by atoms with van der Waals surface area (Å²) in [6.45, 7) is 4.02. The molecule has 4 rings (SSSR count). The molecule has 2 saturated carbocycles. The average molecular weight is 281 g/mol. The Morgan fingerprint density at radius 1 is 1.32 bits per heavy atom. The Morgan fingerprint density at radius 3 is 2.79 bits per heavy atom. The topological polar surface area (TPSA) is 56.3 Å². The highest BCUT2D eigenvalue weighted by molar-refractivity contribution is 6.99. The van der Waals surface area contributed by atoms with E-state index >= 15 is 0 Å². The van der Waals surface area contributed by atoms with Crippen LogP contribution in [0.5, 0.6) is 11.8 Å². The van der Waals surface area contributed by atoms with Crippen LogP contribution >= 0.6 is 11.7 Å². The molecule has 0 radical (unpaired) electrons. The second kappa shape index (κ2) is 4.06. The molecule has 1 saturated heterocycles. The molecule has 1 aromatic heterocycles. The highest BCUT2D eigenvalue weighted by Gasteiger charge is 2.47. The van der Waals surface area contributed by atoms with Crippen LogP contribution in [0.1, 0.15) is 39.0 Å². The van der Waals surface area contributed by atoms with Crippen molar-refractivity contribution in [1.29, 1.82) is 0 Å². The molecule has 3 fully saturated rings. The van der Waals surface area contributed by atoms with E-state index in [9.17, 15) is 0 Å². The molecule has 2 heterocycles. The van der Waals surface area contributed by atoms with Crippen molar-refractivity contribution in [2.45, 2.75) is 44.8 Å². The van der Waals surface area contributed by atoms with E-state index in [2.05, 4.69) is 21.0 Å². The molecule has 1 aliphatic heterocycles. The summed E-state index contributed by atoms with van der Waals surface area (Å²) in [6.07, 6.45) is 5.88. The maximum Gasteiger partial charge on any atom is 0.292 e. The van der Waals surface area contributed by atoms with Crippen molar-refractivity contribution in [2.24, 2.45) is 11.3 Å². The molecule has 19 heavy (non-hydrogen) atoms. The Labute approximate surface area is 117 Å². The minimum absolute atomic E-state index is 0.206. The van der Waals surface area contributed by atoms with Crippen molar-refractivity contribution in [1.82, 2.24) is 14.1 Å². The highest BCUT2D eigenvalue weighted by Crippen LogP contribution is 2.46. The van der Waals surface area contributed by atoms with Crippen LogP contribution in [-0.4, -0.2) is 27.6 Å². The maximum atomic E-state index is 6.11. The molecular weight excluding hydrogens is 262 g/mol. The molecule has 0 aromatic carbocycles. The summed E-state index contributed by atoms with van der Waals surface area (Å²) in [5.74, 6) is 1.91. The van der Waals surface area contributed by atoms with E-state index in [-0.39, 0.29) is 5.72 Å². The van der Waals surface area contributed by atoms with Gasteiger partial charge in [-0.3, -0.25) is 5.32 Å². The summed E-state index contributed by atoms with van der Waals surface area (Å²) in [7, 11) is 0. The zero-order valence-electron chi connectivity index (χ0n) is 11.1. The maximum absolute atomic E-state index is 6.11. The highest BCUT2D eigenvalue weighted by atomic mass is 32.1. The van der Waals surface area contributed by atoms with E-state index in [0.717, 1.165) is 31.9 Å². The van der Waals surface area contributed by atoms with Crippen LogP contribution in [0.15, 0.2) is 0 Å². The Bertz CT molecular complexity index is 478. The third-order valence-corrected chi connectivity index (χ3v) is 5.17. The quantitative estimate of drug-likeness (QED) is 0.896. The zero-order valence-corrected chi connectivity index (χ0v) is 12.0. The fourth-order valence-corrected chi connectivity index (χ4v) is 3.45. The van der Waals surface area contributed by atoms with Crippen molar-refractivity contribution in [3.63, 3.8) is 0 Å². The molecule has 2 aliphatic carbocycles. The minimum atomic E-state index is -0.206. The number of ether oxygens (including phenoxy) is 2. The summed E-state index contributed by atoms with van der Waals surface area (Å²) in [5.41, 5.74) is 0.144. The number of nitrogens with zero attached hydrogens (tertiary/aromatic N) is 2. The van der Waals surface area contributed by atoms with Crippen molar-refractivity contribution in [3.8, 4) is 11.8 Å². The Kier molecular flexibility index (Phi) is 2.54. The number of hydrogen-bond acceptors (Lipinski definition) is 6. The zero-order chi connectivity index (χ0) is 12.9. The van der Waals surface area contributed by atoms with Crippen molar-refractivity contribution >= 4 is 11.7 Å². The monoisotopic (exact) mass is 281 g/mol. The van der Waals surface area contributed by atoms with Gasteiger partial charge in [-0.25, -0.2) is 0 Å². The van der Waals surface area contributed by atoms with Gasteiger partial charge in [0, 0.05) is 24.8 Å². The largest absolute Gasteiger partial charge is 0.473 e. The number of rotatable bonds is 5. The summed E-state index contributed by atoms with van der Waals surface area (Å²) in [6, 6.07) is 0. The van der Waals surface area contributed by atoms with Crippen LogP contribution in [0, 0.1) is 11.3 Å². The van der Waals surface area contributed by atoms with E-state index in [1.54, 1.807) is 0 Å². The normalized spacial score (nSPS) is 34.5. The molecule has 1 N–H and O–H groups in total. The van der Waals surface area contributed by atoms with Crippen LogP contribution in [0.2, 0.25) is 0 Å². The molecule has 2 atom stereocenters. The second-order valence-corrected chi connectivity index (χ2v) is 7.09. The summed E-state index contributed by atoms with van der Waals surface area (Å²) in [4.78, 5) is 0. The number of fused-ring (bicyclic) bond motifs is 2. The van der Waals surface area contributed by atoms with Gasteiger partial charge in [0.15, 0.2) is 5.72 Å². The summed E-state index contributed by atoms with van der Waals surface area (Å²) >= 11 is 1.17. The third kappa shape index (κ3) is 2.21. The van der Waals surface area contributed by atoms with Gasteiger partial charge in [-0.15, -0.1) is 8.75 Å². The Morgan fingerprint density at radius 2 is 2.16 bits per heavy atom. The van der Waals surface area contributed by atoms with Crippen LogP contribution < -0.4 is 14.8 Å². The first-order valence-electron chi connectivity index (χ1n) is 7.06.